The van der Waals surface area contributed by atoms with Crippen LogP contribution in [0.3, 0.4) is 0 Å². The third-order valence-corrected chi connectivity index (χ3v) is 4.28. The Morgan fingerprint density at radius 3 is 2.54 bits per heavy atom. The standard InChI is InChI=1S/C21H25N5/c1-15(2)26(14-18-8-6-5-7-9-18)21-24-20(13-22-25-21)23-19-12-16(3)10-11-17(19)4/h5-13,15H,14H2,1-4H3,(H,23,24,25). The number of hydrogen-bond acceptors (Lipinski definition) is 5. The smallest absolute Gasteiger partial charge is 0.247 e. The van der Waals surface area contributed by atoms with Crippen molar-refractivity contribution in [2.45, 2.75) is 40.3 Å². The summed E-state index contributed by atoms with van der Waals surface area (Å²) in [5.41, 5.74) is 4.63. The first-order chi connectivity index (χ1) is 12.5. The molecule has 0 aliphatic rings. The number of anilines is 3. The van der Waals surface area contributed by atoms with E-state index >= 15 is 0 Å². The van der Waals surface area contributed by atoms with Gasteiger partial charge in [-0.2, -0.15) is 10.1 Å². The number of nitrogens with zero attached hydrogens (tertiary/aromatic N) is 4. The predicted molar refractivity (Wildman–Crippen MR) is 107 cm³/mol. The second-order valence-corrected chi connectivity index (χ2v) is 6.79. The monoisotopic (exact) mass is 347 g/mol. The first kappa shape index (κ1) is 17.9. The Hall–Kier alpha value is -2.95. The Kier molecular flexibility index (Phi) is 5.46. The van der Waals surface area contributed by atoms with Gasteiger partial charge < -0.3 is 10.2 Å². The van der Waals surface area contributed by atoms with Crippen molar-refractivity contribution < 1.29 is 0 Å². The Morgan fingerprint density at radius 2 is 1.81 bits per heavy atom. The molecule has 26 heavy (non-hydrogen) atoms. The van der Waals surface area contributed by atoms with E-state index in [1.165, 1.54) is 16.7 Å². The molecule has 5 nitrogen and oxygen atoms in total. The summed E-state index contributed by atoms with van der Waals surface area (Å²) in [7, 11) is 0. The minimum Gasteiger partial charge on any atom is -0.339 e. The van der Waals surface area contributed by atoms with Gasteiger partial charge in [-0.15, -0.1) is 5.10 Å². The van der Waals surface area contributed by atoms with E-state index in [0.717, 1.165) is 12.2 Å². The van der Waals surface area contributed by atoms with Crippen LogP contribution in [0.5, 0.6) is 0 Å². The summed E-state index contributed by atoms with van der Waals surface area (Å²) < 4.78 is 0. The van der Waals surface area contributed by atoms with E-state index in [1.54, 1.807) is 6.20 Å². The highest BCUT2D eigenvalue weighted by molar-refractivity contribution is 5.61. The van der Waals surface area contributed by atoms with Crippen molar-refractivity contribution in [2.24, 2.45) is 0 Å². The zero-order chi connectivity index (χ0) is 18.5. The van der Waals surface area contributed by atoms with E-state index in [-0.39, 0.29) is 6.04 Å². The van der Waals surface area contributed by atoms with Crippen LogP contribution in [0.2, 0.25) is 0 Å². The van der Waals surface area contributed by atoms with Crippen LogP contribution in [-0.2, 0) is 6.54 Å². The maximum atomic E-state index is 4.70. The van der Waals surface area contributed by atoms with E-state index in [2.05, 4.69) is 78.4 Å². The molecule has 3 rings (SSSR count). The van der Waals surface area contributed by atoms with Crippen LogP contribution in [0.15, 0.2) is 54.7 Å². The van der Waals surface area contributed by atoms with Crippen molar-refractivity contribution in [2.75, 3.05) is 10.2 Å². The van der Waals surface area contributed by atoms with Gasteiger partial charge in [0.15, 0.2) is 5.82 Å². The summed E-state index contributed by atoms with van der Waals surface area (Å²) in [6.45, 7) is 9.17. The first-order valence-corrected chi connectivity index (χ1v) is 8.87. The molecule has 134 valence electrons. The van der Waals surface area contributed by atoms with Crippen LogP contribution < -0.4 is 10.2 Å². The van der Waals surface area contributed by atoms with Gasteiger partial charge in [0.05, 0.1) is 6.20 Å². The van der Waals surface area contributed by atoms with E-state index < -0.39 is 0 Å². The van der Waals surface area contributed by atoms with Gasteiger partial charge in [-0.3, -0.25) is 0 Å². The lowest BCUT2D eigenvalue weighted by Gasteiger charge is -2.26. The predicted octanol–water partition coefficient (Wildman–Crippen LogP) is 4.65. The zero-order valence-electron chi connectivity index (χ0n) is 15.8. The number of benzene rings is 2. The molecule has 0 spiro atoms. The third kappa shape index (κ3) is 4.36. The van der Waals surface area contributed by atoms with Crippen molar-refractivity contribution in [3.63, 3.8) is 0 Å². The van der Waals surface area contributed by atoms with Gasteiger partial charge >= 0.3 is 0 Å². The quantitative estimate of drug-likeness (QED) is 0.703. The molecule has 3 aromatic rings. The topological polar surface area (TPSA) is 53.9 Å². The van der Waals surface area contributed by atoms with Gasteiger partial charge in [-0.05, 0) is 50.5 Å². The minimum atomic E-state index is 0.257. The van der Waals surface area contributed by atoms with Crippen LogP contribution in [0.4, 0.5) is 17.5 Å². The molecule has 1 N–H and O–H groups in total. The highest BCUT2D eigenvalue weighted by Gasteiger charge is 2.15. The largest absolute Gasteiger partial charge is 0.339 e. The third-order valence-electron chi connectivity index (χ3n) is 4.28. The summed E-state index contributed by atoms with van der Waals surface area (Å²) in [6.07, 6.45) is 1.66. The van der Waals surface area contributed by atoms with Gasteiger partial charge in [-0.1, -0.05) is 42.5 Å². The van der Waals surface area contributed by atoms with E-state index in [1.807, 2.05) is 18.2 Å². The van der Waals surface area contributed by atoms with Crippen LogP contribution in [0.1, 0.15) is 30.5 Å². The van der Waals surface area contributed by atoms with Crippen molar-refractivity contribution in [3.05, 3.63) is 71.4 Å². The highest BCUT2D eigenvalue weighted by Crippen LogP contribution is 2.22. The number of rotatable bonds is 6. The lowest BCUT2D eigenvalue weighted by molar-refractivity contribution is 0.653. The van der Waals surface area contributed by atoms with Gasteiger partial charge in [0.2, 0.25) is 5.95 Å². The lowest BCUT2D eigenvalue weighted by Crippen LogP contribution is -2.32. The van der Waals surface area contributed by atoms with Crippen LogP contribution in [0, 0.1) is 13.8 Å². The van der Waals surface area contributed by atoms with Crippen molar-refractivity contribution in [3.8, 4) is 0 Å². The van der Waals surface area contributed by atoms with Gasteiger partial charge in [-0.25, -0.2) is 0 Å². The van der Waals surface area contributed by atoms with Gasteiger partial charge in [0.1, 0.15) is 0 Å². The molecule has 0 amide bonds. The molecule has 5 heteroatoms. The molecule has 1 heterocycles. The zero-order valence-corrected chi connectivity index (χ0v) is 15.8. The second kappa shape index (κ2) is 7.95. The molecular formula is C21H25N5. The Morgan fingerprint density at radius 1 is 1.04 bits per heavy atom. The number of hydrogen-bond donors (Lipinski definition) is 1. The van der Waals surface area contributed by atoms with Crippen molar-refractivity contribution in [1.29, 1.82) is 0 Å². The van der Waals surface area contributed by atoms with Gasteiger partial charge in [0.25, 0.3) is 0 Å². The molecule has 0 saturated heterocycles. The maximum absolute atomic E-state index is 4.70. The SMILES string of the molecule is Cc1ccc(C)c(Nc2cnnc(N(Cc3ccccc3)C(C)C)n2)c1. The van der Waals surface area contributed by atoms with Crippen molar-refractivity contribution >= 4 is 17.5 Å². The molecule has 0 bridgehead atoms. The molecule has 1 aromatic heterocycles. The molecular weight excluding hydrogens is 322 g/mol. The summed E-state index contributed by atoms with van der Waals surface area (Å²) in [4.78, 5) is 6.85. The number of aromatic nitrogens is 3. The second-order valence-electron chi connectivity index (χ2n) is 6.79. The van der Waals surface area contributed by atoms with Crippen LogP contribution >= 0.6 is 0 Å². The average Bonchev–Trinajstić information content (AvgIpc) is 2.63. The average molecular weight is 347 g/mol. The Bertz CT molecular complexity index is 861. The van der Waals surface area contributed by atoms with E-state index in [4.69, 9.17) is 4.98 Å². The number of nitrogens with one attached hydrogen (secondary N) is 1. The molecule has 0 aliphatic carbocycles. The molecule has 0 saturated carbocycles. The van der Waals surface area contributed by atoms with Crippen molar-refractivity contribution in [1.82, 2.24) is 15.2 Å². The molecule has 0 aliphatic heterocycles. The fraction of sp³-hybridized carbons (Fsp3) is 0.286. The summed E-state index contributed by atoms with van der Waals surface area (Å²) in [6, 6.07) is 16.9. The fourth-order valence-corrected chi connectivity index (χ4v) is 2.75. The molecule has 0 fully saturated rings. The summed E-state index contributed by atoms with van der Waals surface area (Å²) in [5, 5.41) is 11.8. The van der Waals surface area contributed by atoms with Crippen LogP contribution in [-0.4, -0.2) is 21.2 Å². The van der Waals surface area contributed by atoms with E-state index in [9.17, 15) is 0 Å². The van der Waals surface area contributed by atoms with Crippen LogP contribution in [0.25, 0.3) is 0 Å². The molecule has 0 unspecified atom stereocenters. The van der Waals surface area contributed by atoms with Gasteiger partial charge in [0, 0.05) is 18.3 Å². The minimum absolute atomic E-state index is 0.257. The summed E-state index contributed by atoms with van der Waals surface area (Å²) >= 11 is 0. The van der Waals surface area contributed by atoms with E-state index in [0.29, 0.717) is 11.8 Å². The molecule has 0 atom stereocenters. The summed E-state index contributed by atoms with van der Waals surface area (Å²) in [5.74, 6) is 1.32. The molecule has 2 aromatic carbocycles. The lowest BCUT2D eigenvalue weighted by atomic mass is 10.1. The normalized spacial score (nSPS) is 10.8. The number of aryl methyl sites for hydroxylation is 2. The fourth-order valence-electron chi connectivity index (χ4n) is 2.75. The Balaban J connectivity index is 1.85. The first-order valence-electron chi connectivity index (χ1n) is 8.87. The maximum Gasteiger partial charge on any atom is 0.247 e. The molecule has 0 radical (unpaired) electrons. The Labute approximate surface area is 155 Å². The highest BCUT2D eigenvalue weighted by atomic mass is 15.3.